The molecular formula is C17H18FNO. The van der Waals surface area contributed by atoms with Gasteiger partial charge in [-0.15, -0.1) is 0 Å². The highest BCUT2D eigenvalue weighted by Crippen LogP contribution is 2.18. The van der Waals surface area contributed by atoms with Crippen LogP contribution in [-0.4, -0.2) is 5.91 Å². The molecule has 0 heterocycles. The summed E-state index contributed by atoms with van der Waals surface area (Å²) >= 11 is 0. The molecule has 0 unspecified atom stereocenters. The Morgan fingerprint density at radius 3 is 2.35 bits per heavy atom. The average molecular weight is 271 g/mol. The first kappa shape index (κ1) is 14.3. The fourth-order valence-electron chi connectivity index (χ4n) is 1.97. The number of nitrogens with one attached hydrogen (secondary N) is 1. The van der Waals surface area contributed by atoms with Crippen molar-refractivity contribution in [3.05, 3.63) is 65.0 Å². The largest absolute Gasteiger partial charge is 0.322 e. The van der Waals surface area contributed by atoms with Crippen molar-refractivity contribution >= 4 is 11.6 Å². The lowest BCUT2D eigenvalue weighted by atomic mass is 10.0. The molecule has 0 aliphatic rings. The van der Waals surface area contributed by atoms with Gasteiger partial charge in [0.05, 0.1) is 5.56 Å². The van der Waals surface area contributed by atoms with Gasteiger partial charge in [0, 0.05) is 5.69 Å². The molecule has 104 valence electrons. The molecule has 1 N–H and O–H groups in total. The van der Waals surface area contributed by atoms with Crippen molar-refractivity contribution in [2.75, 3.05) is 5.32 Å². The van der Waals surface area contributed by atoms with E-state index in [1.165, 1.54) is 11.6 Å². The van der Waals surface area contributed by atoms with Gasteiger partial charge in [-0.3, -0.25) is 4.79 Å². The Hall–Kier alpha value is -2.16. The fraction of sp³-hybridized carbons (Fsp3) is 0.235. The SMILES string of the molecule is Cc1cccc(C(=O)Nc2ccc(C(C)C)cc2)c1F. The minimum absolute atomic E-state index is 0.0675. The van der Waals surface area contributed by atoms with Crippen LogP contribution in [0.15, 0.2) is 42.5 Å². The fourth-order valence-corrected chi connectivity index (χ4v) is 1.97. The zero-order chi connectivity index (χ0) is 14.7. The number of carbonyl (C=O) groups is 1. The summed E-state index contributed by atoms with van der Waals surface area (Å²) in [5.41, 5.74) is 2.40. The third-order valence-electron chi connectivity index (χ3n) is 3.27. The van der Waals surface area contributed by atoms with Gasteiger partial charge in [-0.05, 0) is 42.2 Å². The van der Waals surface area contributed by atoms with Gasteiger partial charge >= 0.3 is 0 Å². The Bertz CT molecular complexity index is 617. The minimum Gasteiger partial charge on any atom is -0.322 e. The van der Waals surface area contributed by atoms with Gasteiger partial charge in [0.15, 0.2) is 0 Å². The van der Waals surface area contributed by atoms with E-state index in [1.54, 1.807) is 19.1 Å². The van der Waals surface area contributed by atoms with Crippen LogP contribution in [0.2, 0.25) is 0 Å². The lowest BCUT2D eigenvalue weighted by Crippen LogP contribution is -2.14. The second kappa shape index (κ2) is 5.87. The normalized spacial score (nSPS) is 10.7. The van der Waals surface area contributed by atoms with E-state index >= 15 is 0 Å². The van der Waals surface area contributed by atoms with Gasteiger partial charge in [0.2, 0.25) is 0 Å². The van der Waals surface area contributed by atoms with Gasteiger partial charge in [-0.1, -0.05) is 38.1 Å². The monoisotopic (exact) mass is 271 g/mol. The molecule has 2 nitrogen and oxygen atoms in total. The van der Waals surface area contributed by atoms with Crippen LogP contribution in [0.25, 0.3) is 0 Å². The van der Waals surface area contributed by atoms with Crippen LogP contribution in [0, 0.1) is 12.7 Å². The number of hydrogen-bond donors (Lipinski definition) is 1. The summed E-state index contributed by atoms with van der Waals surface area (Å²) in [7, 11) is 0. The maximum absolute atomic E-state index is 13.9. The molecule has 0 saturated heterocycles. The van der Waals surface area contributed by atoms with Gasteiger partial charge in [-0.2, -0.15) is 0 Å². The van der Waals surface area contributed by atoms with Crippen molar-refractivity contribution in [1.82, 2.24) is 0 Å². The number of carbonyl (C=O) groups excluding carboxylic acids is 1. The quantitative estimate of drug-likeness (QED) is 0.874. The van der Waals surface area contributed by atoms with E-state index in [4.69, 9.17) is 0 Å². The number of aryl methyl sites for hydroxylation is 1. The molecule has 0 radical (unpaired) electrons. The highest BCUT2D eigenvalue weighted by Gasteiger charge is 2.13. The molecule has 0 aromatic heterocycles. The molecule has 0 fully saturated rings. The summed E-state index contributed by atoms with van der Waals surface area (Å²) in [6.45, 7) is 5.86. The molecule has 2 aromatic carbocycles. The number of anilines is 1. The summed E-state index contributed by atoms with van der Waals surface area (Å²) < 4.78 is 13.9. The average Bonchev–Trinajstić information content (AvgIpc) is 2.42. The number of amides is 1. The standard InChI is InChI=1S/C17H18FNO/c1-11(2)13-7-9-14(10-8-13)19-17(20)15-6-4-5-12(3)16(15)18/h4-11H,1-3H3,(H,19,20). The first-order chi connectivity index (χ1) is 9.49. The van der Waals surface area contributed by atoms with Crippen molar-refractivity contribution < 1.29 is 9.18 Å². The maximum atomic E-state index is 13.9. The first-order valence-electron chi connectivity index (χ1n) is 6.65. The Balaban J connectivity index is 2.17. The van der Waals surface area contributed by atoms with E-state index < -0.39 is 11.7 Å². The molecular weight excluding hydrogens is 253 g/mol. The molecule has 3 heteroatoms. The number of rotatable bonds is 3. The second-order valence-electron chi connectivity index (χ2n) is 5.17. The molecule has 0 bridgehead atoms. The minimum atomic E-state index is -0.469. The first-order valence-corrected chi connectivity index (χ1v) is 6.65. The van der Waals surface area contributed by atoms with Crippen LogP contribution in [0.1, 0.15) is 41.3 Å². The number of benzene rings is 2. The predicted molar refractivity (Wildman–Crippen MR) is 79.6 cm³/mol. The Morgan fingerprint density at radius 1 is 1.10 bits per heavy atom. The highest BCUT2D eigenvalue weighted by molar-refractivity contribution is 6.04. The van der Waals surface area contributed by atoms with E-state index in [1.807, 2.05) is 24.3 Å². The zero-order valence-corrected chi connectivity index (χ0v) is 11.9. The maximum Gasteiger partial charge on any atom is 0.258 e. The summed E-state index contributed by atoms with van der Waals surface area (Å²) in [6.07, 6.45) is 0. The van der Waals surface area contributed by atoms with E-state index in [0.29, 0.717) is 17.2 Å². The molecule has 2 aromatic rings. The van der Waals surface area contributed by atoms with Gasteiger partial charge in [0.25, 0.3) is 5.91 Å². The molecule has 1 amide bonds. The van der Waals surface area contributed by atoms with Crippen molar-refractivity contribution in [3.8, 4) is 0 Å². The number of hydrogen-bond acceptors (Lipinski definition) is 1. The summed E-state index contributed by atoms with van der Waals surface area (Å²) in [5, 5.41) is 2.71. The Labute approximate surface area is 118 Å². The molecule has 0 aliphatic heterocycles. The van der Waals surface area contributed by atoms with Crippen molar-refractivity contribution in [1.29, 1.82) is 0 Å². The van der Waals surface area contributed by atoms with Crippen LogP contribution < -0.4 is 5.32 Å². The summed E-state index contributed by atoms with van der Waals surface area (Å²) in [4.78, 5) is 12.1. The third-order valence-corrected chi connectivity index (χ3v) is 3.27. The van der Waals surface area contributed by atoms with Crippen LogP contribution in [0.5, 0.6) is 0 Å². The third kappa shape index (κ3) is 3.05. The van der Waals surface area contributed by atoms with Crippen molar-refractivity contribution in [2.24, 2.45) is 0 Å². The predicted octanol–water partition coefficient (Wildman–Crippen LogP) is 4.51. The van der Waals surface area contributed by atoms with E-state index in [0.717, 1.165) is 0 Å². The van der Waals surface area contributed by atoms with E-state index in [9.17, 15) is 9.18 Å². The van der Waals surface area contributed by atoms with E-state index in [2.05, 4.69) is 19.2 Å². The molecule has 0 spiro atoms. The smallest absolute Gasteiger partial charge is 0.258 e. The molecule has 0 atom stereocenters. The van der Waals surface area contributed by atoms with Crippen molar-refractivity contribution in [2.45, 2.75) is 26.7 Å². The Kier molecular flexibility index (Phi) is 4.18. The van der Waals surface area contributed by atoms with Gasteiger partial charge < -0.3 is 5.32 Å². The summed E-state index contributed by atoms with van der Waals surface area (Å²) in [5.74, 6) is -0.457. The highest BCUT2D eigenvalue weighted by atomic mass is 19.1. The van der Waals surface area contributed by atoms with Crippen molar-refractivity contribution in [3.63, 3.8) is 0 Å². The molecule has 20 heavy (non-hydrogen) atoms. The van der Waals surface area contributed by atoms with Crippen LogP contribution in [0.3, 0.4) is 0 Å². The van der Waals surface area contributed by atoms with Gasteiger partial charge in [0.1, 0.15) is 5.82 Å². The van der Waals surface area contributed by atoms with Crippen LogP contribution >= 0.6 is 0 Å². The number of halogens is 1. The zero-order valence-electron chi connectivity index (χ0n) is 11.9. The topological polar surface area (TPSA) is 29.1 Å². The molecule has 0 saturated carbocycles. The molecule has 0 aliphatic carbocycles. The second-order valence-corrected chi connectivity index (χ2v) is 5.17. The Morgan fingerprint density at radius 2 is 1.75 bits per heavy atom. The van der Waals surface area contributed by atoms with Crippen LogP contribution in [-0.2, 0) is 0 Å². The lowest BCUT2D eigenvalue weighted by Gasteiger charge is -2.09. The van der Waals surface area contributed by atoms with Crippen LogP contribution in [0.4, 0.5) is 10.1 Å². The molecule has 2 rings (SSSR count). The van der Waals surface area contributed by atoms with E-state index in [-0.39, 0.29) is 5.56 Å². The summed E-state index contributed by atoms with van der Waals surface area (Å²) in [6, 6.07) is 12.4. The lowest BCUT2D eigenvalue weighted by molar-refractivity contribution is 0.102. The van der Waals surface area contributed by atoms with Gasteiger partial charge in [-0.25, -0.2) is 4.39 Å².